The number of halogens is 1. The second kappa shape index (κ2) is 14.5. The first-order valence-electron chi connectivity index (χ1n) is 16.6. The molecule has 0 amide bonds. The highest BCUT2D eigenvalue weighted by molar-refractivity contribution is 6.30. The molecule has 45 heavy (non-hydrogen) atoms. The molecule has 0 bridgehead atoms. The molecule has 1 aromatic heterocycles. The summed E-state index contributed by atoms with van der Waals surface area (Å²) in [7, 11) is 0. The number of likely N-dealkylation sites (tertiary alicyclic amines) is 1. The molecule has 4 heterocycles. The van der Waals surface area contributed by atoms with Gasteiger partial charge in [-0.05, 0) is 105 Å². The van der Waals surface area contributed by atoms with E-state index in [0.29, 0.717) is 23.2 Å². The van der Waals surface area contributed by atoms with Gasteiger partial charge in [-0.1, -0.05) is 37.6 Å². The lowest BCUT2D eigenvalue weighted by atomic mass is 9.78. The monoisotopic (exact) mass is 627 g/mol. The first-order chi connectivity index (χ1) is 21.9. The molecule has 0 saturated carbocycles. The summed E-state index contributed by atoms with van der Waals surface area (Å²) in [6.07, 6.45) is 7.09. The number of nitriles is 1. The van der Waals surface area contributed by atoms with Gasteiger partial charge in [0.25, 0.3) is 0 Å². The topological polar surface area (TPSA) is 80.6 Å². The first-order valence-corrected chi connectivity index (χ1v) is 16.9. The summed E-state index contributed by atoms with van der Waals surface area (Å²) in [6.45, 7) is 14.9. The molecule has 8 nitrogen and oxygen atoms in total. The number of piperazine rings is 1. The first kappa shape index (κ1) is 31.7. The Morgan fingerprint density at radius 2 is 1.67 bits per heavy atom. The Bertz CT molecular complexity index is 1450. The Hall–Kier alpha value is -3.22. The summed E-state index contributed by atoms with van der Waals surface area (Å²) in [5, 5.41) is 13.4. The fourth-order valence-corrected chi connectivity index (χ4v) is 7.34. The number of nitrogens with one attached hydrogen (secondary N) is 1. The number of anilines is 1. The molecule has 0 radical (unpaired) electrons. The molecule has 3 aliphatic heterocycles. The molecule has 3 fully saturated rings. The van der Waals surface area contributed by atoms with Crippen LogP contribution in [0, 0.1) is 17.2 Å². The molecule has 3 aliphatic rings. The van der Waals surface area contributed by atoms with Crippen LogP contribution in [-0.4, -0.2) is 84.7 Å². The highest BCUT2D eigenvalue weighted by atomic mass is 35.5. The van der Waals surface area contributed by atoms with Gasteiger partial charge in [-0.3, -0.25) is 4.90 Å². The van der Waals surface area contributed by atoms with Gasteiger partial charge in [-0.2, -0.15) is 5.26 Å². The molecule has 238 valence electrons. The summed E-state index contributed by atoms with van der Waals surface area (Å²) in [4.78, 5) is 17.2. The highest BCUT2D eigenvalue weighted by Gasteiger charge is 2.29. The summed E-state index contributed by atoms with van der Waals surface area (Å²) >= 11 is 6.29. The number of ether oxygens (including phenoxy) is 1. The van der Waals surface area contributed by atoms with Gasteiger partial charge in [-0.25, -0.2) is 9.97 Å². The fourth-order valence-electron chi connectivity index (χ4n) is 7.11. The number of nitrogens with zero attached hydrogens (tertiary/aromatic N) is 6. The van der Waals surface area contributed by atoms with Gasteiger partial charge in [0.1, 0.15) is 12.4 Å². The number of hydrogen-bond donors (Lipinski definition) is 1. The molecule has 2 aromatic carbocycles. The number of rotatable bonds is 9. The van der Waals surface area contributed by atoms with Gasteiger partial charge in [-0.15, -0.1) is 0 Å². The average Bonchev–Trinajstić information content (AvgIpc) is 3.08. The quantitative estimate of drug-likeness (QED) is 0.334. The predicted molar refractivity (Wildman–Crippen MR) is 180 cm³/mol. The van der Waals surface area contributed by atoms with Crippen molar-refractivity contribution in [2.75, 3.05) is 63.8 Å². The van der Waals surface area contributed by atoms with E-state index < -0.39 is 0 Å². The molecule has 0 aliphatic carbocycles. The third kappa shape index (κ3) is 7.96. The van der Waals surface area contributed by atoms with Crippen LogP contribution in [0.5, 0.6) is 5.75 Å². The summed E-state index contributed by atoms with van der Waals surface area (Å²) in [6, 6.07) is 18.5. The van der Waals surface area contributed by atoms with Crippen molar-refractivity contribution >= 4 is 17.5 Å². The third-order valence-corrected chi connectivity index (χ3v) is 10.3. The standard InChI is InChI=1S/C36H46ClN7O/c1-36(2,30-21-28(24-38)22-31(37)23-30)29-3-5-34(6-4-29)45-26-32-9-14-40-35(41-32)44-19-17-43(18-20-44)33-10-15-42(16-11-33)25-27-7-12-39-13-8-27/h3-6,9,14,21-23,27,33,39H,7-8,10-13,15-20,25-26H2,1-2H3. The van der Waals surface area contributed by atoms with Crippen LogP contribution in [0.2, 0.25) is 5.02 Å². The van der Waals surface area contributed by atoms with E-state index in [4.69, 9.17) is 21.3 Å². The van der Waals surface area contributed by atoms with E-state index in [9.17, 15) is 5.26 Å². The molecule has 0 unspecified atom stereocenters. The maximum atomic E-state index is 9.37. The van der Waals surface area contributed by atoms with E-state index in [0.717, 1.165) is 60.6 Å². The minimum Gasteiger partial charge on any atom is -0.487 e. The zero-order valence-corrected chi connectivity index (χ0v) is 27.5. The van der Waals surface area contributed by atoms with Gasteiger partial charge in [0.15, 0.2) is 0 Å². The van der Waals surface area contributed by atoms with Crippen molar-refractivity contribution in [3.8, 4) is 11.8 Å². The molecule has 9 heteroatoms. The third-order valence-electron chi connectivity index (χ3n) is 10.1. The van der Waals surface area contributed by atoms with Crippen LogP contribution in [-0.2, 0) is 12.0 Å². The second-order valence-corrected chi connectivity index (χ2v) is 13.8. The highest BCUT2D eigenvalue weighted by Crippen LogP contribution is 2.34. The van der Waals surface area contributed by atoms with Gasteiger partial charge in [0.05, 0.1) is 17.3 Å². The SMILES string of the molecule is CC(C)(c1ccc(OCc2ccnc(N3CCN(C4CCN(CC5CCNCC5)CC4)CC3)n2)cc1)c1cc(Cl)cc(C#N)c1. The van der Waals surface area contributed by atoms with Gasteiger partial charge in [0, 0.05) is 55.4 Å². The van der Waals surface area contributed by atoms with Crippen molar-refractivity contribution < 1.29 is 4.74 Å². The molecule has 3 saturated heterocycles. The van der Waals surface area contributed by atoms with Crippen LogP contribution in [0.1, 0.15) is 61.9 Å². The summed E-state index contributed by atoms with van der Waals surface area (Å²) in [5.74, 6) is 2.46. The fraction of sp³-hybridized carbons (Fsp3) is 0.528. The van der Waals surface area contributed by atoms with E-state index in [1.807, 2.05) is 36.5 Å². The Labute approximate surface area is 273 Å². The lowest BCUT2D eigenvalue weighted by Crippen LogP contribution is -2.54. The number of hydrogen-bond acceptors (Lipinski definition) is 8. The molecular weight excluding hydrogens is 582 g/mol. The smallest absolute Gasteiger partial charge is 0.225 e. The largest absolute Gasteiger partial charge is 0.487 e. The van der Waals surface area contributed by atoms with Crippen LogP contribution in [0.3, 0.4) is 0 Å². The van der Waals surface area contributed by atoms with Crippen LogP contribution in [0.15, 0.2) is 54.7 Å². The van der Waals surface area contributed by atoms with Crippen LogP contribution in [0.4, 0.5) is 5.95 Å². The normalized spacial score (nSPS) is 19.4. The van der Waals surface area contributed by atoms with E-state index >= 15 is 0 Å². The van der Waals surface area contributed by atoms with Crippen molar-refractivity contribution in [2.24, 2.45) is 5.92 Å². The number of piperidine rings is 2. The second-order valence-electron chi connectivity index (χ2n) is 13.4. The lowest BCUT2D eigenvalue weighted by molar-refractivity contribution is 0.0907. The lowest BCUT2D eigenvalue weighted by Gasteiger charge is -2.43. The van der Waals surface area contributed by atoms with Crippen molar-refractivity contribution in [3.63, 3.8) is 0 Å². The van der Waals surface area contributed by atoms with Gasteiger partial charge >= 0.3 is 0 Å². The van der Waals surface area contributed by atoms with Gasteiger partial charge in [0.2, 0.25) is 5.95 Å². The Morgan fingerprint density at radius 3 is 2.38 bits per heavy atom. The zero-order chi connectivity index (χ0) is 31.2. The molecule has 0 spiro atoms. The van der Waals surface area contributed by atoms with E-state index in [2.05, 4.69) is 57.0 Å². The molecular formula is C36H46ClN7O. The molecule has 1 N–H and O–H groups in total. The predicted octanol–water partition coefficient (Wildman–Crippen LogP) is 5.49. The van der Waals surface area contributed by atoms with Gasteiger partial charge < -0.3 is 19.9 Å². The van der Waals surface area contributed by atoms with E-state index in [-0.39, 0.29) is 5.41 Å². The van der Waals surface area contributed by atoms with E-state index in [1.54, 1.807) is 6.07 Å². The van der Waals surface area contributed by atoms with Crippen LogP contribution in [0.25, 0.3) is 0 Å². The molecule has 0 atom stereocenters. The maximum absolute atomic E-state index is 9.37. The minimum absolute atomic E-state index is 0.315. The van der Waals surface area contributed by atoms with Crippen molar-refractivity contribution in [1.82, 2.24) is 25.1 Å². The zero-order valence-electron chi connectivity index (χ0n) is 26.7. The Morgan fingerprint density at radius 1 is 0.933 bits per heavy atom. The Kier molecular flexibility index (Phi) is 10.2. The molecule has 3 aromatic rings. The maximum Gasteiger partial charge on any atom is 0.225 e. The Balaban J connectivity index is 0.975. The van der Waals surface area contributed by atoms with Crippen LogP contribution >= 0.6 is 11.6 Å². The summed E-state index contributed by atoms with van der Waals surface area (Å²) < 4.78 is 6.13. The van der Waals surface area contributed by atoms with Crippen molar-refractivity contribution in [3.05, 3.63) is 82.1 Å². The minimum atomic E-state index is -0.315. The number of aromatic nitrogens is 2. The average molecular weight is 628 g/mol. The summed E-state index contributed by atoms with van der Waals surface area (Å²) in [5.41, 5.74) is 3.24. The van der Waals surface area contributed by atoms with E-state index in [1.165, 1.54) is 58.4 Å². The molecule has 6 rings (SSSR count). The van der Waals surface area contributed by atoms with Crippen LogP contribution < -0.4 is 15.0 Å². The van der Waals surface area contributed by atoms with Crippen molar-refractivity contribution in [1.29, 1.82) is 5.26 Å². The van der Waals surface area contributed by atoms with Crippen molar-refractivity contribution in [2.45, 2.75) is 57.6 Å². The number of benzene rings is 2.